The van der Waals surface area contributed by atoms with Gasteiger partial charge in [0.1, 0.15) is 0 Å². The number of hydrogen-bond donors (Lipinski definition) is 2. The van der Waals surface area contributed by atoms with E-state index < -0.39 is 0 Å². The highest BCUT2D eigenvalue weighted by Crippen LogP contribution is 2.32. The maximum atomic E-state index is 9.30. The van der Waals surface area contributed by atoms with Crippen molar-refractivity contribution in [2.45, 2.75) is 19.0 Å². The van der Waals surface area contributed by atoms with Crippen LogP contribution in [0.2, 0.25) is 0 Å². The highest BCUT2D eigenvalue weighted by Gasteiger charge is 2.18. The van der Waals surface area contributed by atoms with Gasteiger partial charge in [-0.3, -0.25) is 4.90 Å². The van der Waals surface area contributed by atoms with Crippen LogP contribution in [-0.4, -0.2) is 49.1 Å². The Hall–Kier alpha value is -1.30. The first-order valence-corrected chi connectivity index (χ1v) is 6.80. The van der Waals surface area contributed by atoms with E-state index >= 15 is 0 Å². The summed E-state index contributed by atoms with van der Waals surface area (Å²) in [5.41, 5.74) is 1.22. The van der Waals surface area contributed by atoms with Crippen LogP contribution in [0.15, 0.2) is 18.2 Å². The molecule has 1 atom stereocenters. The zero-order chi connectivity index (χ0) is 13.1. The number of aliphatic hydroxyl groups excluding tert-OH is 1. The minimum Gasteiger partial charge on any atom is -0.454 e. The summed E-state index contributed by atoms with van der Waals surface area (Å²) in [6, 6.07) is 6.28. The molecule has 5 heteroatoms. The molecule has 0 aliphatic carbocycles. The summed E-state index contributed by atoms with van der Waals surface area (Å²) in [6.45, 7) is 4.30. The first kappa shape index (κ1) is 12.7. The lowest BCUT2D eigenvalue weighted by Crippen LogP contribution is -2.39. The van der Waals surface area contributed by atoms with Gasteiger partial charge in [-0.2, -0.15) is 0 Å². The minimum atomic E-state index is 0.177. The molecule has 0 radical (unpaired) electrons. The molecule has 19 heavy (non-hydrogen) atoms. The van der Waals surface area contributed by atoms with Crippen molar-refractivity contribution in [3.05, 3.63) is 23.8 Å². The molecule has 1 fully saturated rings. The summed E-state index contributed by atoms with van der Waals surface area (Å²) in [5, 5.41) is 12.7. The second kappa shape index (κ2) is 5.77. The fourth-order valence-corrected chi connectivity index (χ4v) is 2.64. The maximum Gasteiger partial charge on any atom is 0.231 e. The topological polar surface area (TPSA) is 54.0 Å². The SMILES string of the molecule is OCC1CN(Cc2ccc3c(c2)OCO3)CCCN1. The van der Waals surface area contributed by atoms with E-state index in [9.17, 15) is 5.11 Å². The molecule has 1 saturated heterocycles. The van der Waals surface area contributed by atoms with Crippen LogP contribution in [0.1, 0.15) is 12.0 Å². The van der Waals surface area contributed by atoms with Gasteiger partial charge in [-0.1, -0.05) is 6.07 Å². The fraction of sp³-hybridized carbons (Fsp3) is 0.571. The molecule has 104 valence electrons. The molecule has 3 rings (SSSR count). The third-order valence-corrected chi connectivity index (χ3v) is 3.63. The van der Waals surface area contributed by atoms with Gasteiger partial charge in [0.05, 0.1) is 6.61 Å². The minimum absolute atomic E-state index is 0.177. The lowest BCUT2D eigenvalue weighted by molar-refractivity contribution is 0.173. The average molecular weight is 264 g/mol. The van der Waals surface area contributed by atoms with Crippen LogP contribution in [0, 0.1) is 0 Å². The number of rotatable bonds is 3. The van der Waals surface area contributed by atoms with Crippen LogP contribution >= 0.6 is 0 Å². The van der Waals surface area contributed by atoms with Crippen LogP contribution in [0.3, 0.4) is 0 Å². The summed E-state index contributed by atoms with van der Waals surface area (Å²) >= 11 is 0. The van der Waals surface area contributed by atoms with Crippen molar-refractivity contribution in [3.8, 4) is 11.5 Å². The number of nitrogens with one attached hydrogen (secondary N) is 1. The molecule has 0 saturated carbocycles. The van der Waals surface area contributed by atoms with Crippen molar-refractivity contribution in [1.82, 2.24) is 10.2 Å². The molecule has 2 N–H and O–H groups in total. The Balaban J connectivity index is 1.66. The number of aliphatic hydroxyl groups is 1. The van der Waals surface area contributed by atoms with Crippen LogP contribution in [0.4, 0.5) is 0 Å². The third kappa shape index (κ3) is 3.00. The molecule has 0 aromatic heterocycles. The van der Waals surface area contributed by atoms with Crippen LogP contribution in [0.25, 0.3) is 0 Å². The molecule has 0 spiro atoms. The van der Waals surface area contributed by atoms with Gasteiger partial charge in [-0.25, -0.2) is 0 Å². The Labute approximate surface area is 113 Å². The number of benzene rings is 1. The second-order valence-corrected chi connectivity index (χ2v) is 5.11. The van der Waals surface area contributed by atoms with E-state index in [2.05, 4.69) is 22.3 Å². The molecular formula is C14H20N2O3. The Morgan fingerprint density at radius 3 is 3.11 bits per heavy atom. The second-order valence-electron chi connectivity index (χ2n) is 5.11. The highest BCUT2D eigenvalue weighted by molar-refractivity contribution is 5.44. The number of ether oxygens (including phenoxy) is 2. The van der Waals surface area contributed by atoms with Crippen molar-refractivity contribution in [3.63, 3.8) is 0 Å². The summed E-state index contributed by atoms with van der Waals surface area (Å²) in [4.78, 5) is 2.37. The Kier molecular flexibility index (Phi) is 3.87. The molecule has 2 aliphatic rings. The van der Waals surface area contributed by atoms with E-state index in [1.807, 2.05) is 6.07 Å². The number of hydrogen-bond acceptors (Lipinski definition) is 5. The van der Waals surface area contributed by atoms with E-state index in [-0.39, 0.29) is 12.6 Å². The molecule has 1 aromatic carbocycles. The Morgan fingerprint density at radius 1 is 1.32 bits per heavy atom. The van der Waals surface area contributed by atoms with Crippen LogP contribution < -0.4 is 14.8 Å². The van der Waals surface area contributed by atoms with E-state index in [1.54, 1.807) is 0 Å². The molecule has 0 bridgehead atoms. The van der Waals surface area contributed by atoms with Crippen molar-refractivity contribution in [1.29, 1.82) is 0 Å². The molecule has 2 aliphatic heterocycles. The van der Waals surface area contributed by atoms with Crippen molar-refractivity contribution < 1.29 is 14.6 Å². The lowest BCUT2D eigenvalue weighted by Gasteiger charge is -2.23. The zero-order valence-corrected chi connectivity index (χ0v) is 11.0. The van der Waals surface area contributed by atoms with Crippen molar-refractivity contribution in [2.24, 2.45) is 0 Å². The molecular weight excluding hydrogens is 244 g/mol. The summed E-state index contributed by atoms with van der Waals surface area (Å²) in [6.07, 6.45) is 1.11. The first-order chi connectivity index (χ1) is 9.35. The fourth-order valence-electron chi connectivity index (χ4n) is 2.64. The molecule has 5 nitrogen and oxygen atoms in total. The number of fused-ring (bicyclic) bond motifs is 1. The van der Waals surface area contributed by atoms with Gasteiger partial charge < -0.3 is 19.9 Å². The third-order valence-electron chi connectivity index (χ3n) is 3.63. The van der Waals surface area contributed by atoms with Crippen LogP contribution in [-0.2, 0) is 6.54 Å². The predicted octanol–water partition coefficient (Wildman–Crippen LogP) is 0.571. The Morgan fingerprint density at radius 2 is 2.21 bits per heavy atom. The quantitative estimate of drug-likeness (QED) is 0.836. The average Bonchev–Trinajstić information content (AvgIpc) is 2.77. The van der Waals surface area contributed by atoms with Gasteiger partial charge in [0.25, 0.3) is 0 Å². The van der Waals surface area contributed by atoms with E-state index in [0.29, 0.717) is 6.79 Å². The highest BCUT2D eigenvalue weighted by atomic mass is 16.7. The summed E-state index contributed by atoms with van der Waals surface area (Å²) in [7, 11) is 0. The molecule has 1 aromatic rings. The maximum absolute atomic E-state index is 9.30. The van der Waals surface area contributed by atoms with Gasteiger partial charge in [0, 0.05) is 19.1 Å². The van der Waals surface area contributed by atoms with Crippen molar-refractivity contribution >= 4 is 0 Å². The smallest absolute Gasteiger partial charge is 0.231 e. The van der Waals surface area contributed by atoms with E-state index in [4.69, 9.17) is 9.47 Å². The van der Waals surface area contributed by atoms with Gasteiger partial charge in [0.2, 0.25) is 6.79 Å². The van der Waals surface area contributed by atoms with Gasteiger partial charge >= 0.3 is 0 Å². The normalized spacial score (nSPS) is 23.3. The van der Waals surface area contributed by atoms with E-state index in [1.165, 1.54) is 5.56 Å². The van der Waals surface area contributed by atoms with E-state index in [0.717, 1.165) is 44.1 Å². The van der Waals surface area contributed by atoms with Gasteiger partial charge in [-0.15, -0.1) is 0 Å². The van der Waals surface area contributed by atoms with Crippen molar-refractivity contribution in [2.75, 3.05) is 33.0 Å². The largest absolute Gasteiger partial charge is 0.454 e. The standard InChI is InChI=1S/C14H20N2O3/c17-9-12-8-16(5-1-4-15-12)7-11-2-3-13-14(6-11)19-10-18-13/h2-3,6,12,15,17H,1,4-5,7-10H2. The molecule has 2 heterocycles. The van der Waals surface area contributed by atoms with Gasteiger partial charge in [0.15, 0.2) is 11.5 Å². The first-order valence-electron chi connectivity index (χ1n) is 6.80. The Bertz CT molecular complexity index is 439. The molecule has 1 unspecified atom stereocenters. The molecule has 0 amide bonds. The van der Waals surface area contributed by atoms with Gasteiger partial charge in [-0.05, 0) is 37.2 Å². The predicted molar refractivity (Wildman–Crippen MR) is 71.3 cm³/mol. The lowest BCUT2D eigenvalue weighted by atomic mass is 10.1. The number of nitrogens with zero attached hydrogens (tertiary/aromatic N) is 1. The summed E-state index contributed by atoms with van der Waals surface area (Å²) < 4.78 is 10.7. The zero-order valence-electron chi connectivity index (χ0n) is 11.0. The van der Waals surface area contributed by atoms with Crippen LogP contribution in [0.5, 0.6) is 11.5 Å². The monoisotopic (exact) mass is 264 g/mol. The summed E-state index contributed by atoms with van der Waals surface area (Å²) in [5.74, 6) is 1.67.